The molecule has 1 aromatic carbocycles. The molecule has 1 aromatic rings. The molecule has 0 aliphatic rings. The van der Waals surface area contributed by atoms with Crippen LogP contribution in [-0.2, 0) is 26.8 Å². The third-order valence-electron chi connectivity index (χ3n) is 3.11. The lowest BCUT2D eigenvalue weighted by atomic mass is 10.1. The van der Waals surface area contributed by atoms with E-state index in [0.29, 0.717) is 24.8 Å². The Morgan fingerprint density at radius 2 is 1.87 bits per heavy atom. The molecule has 0 unspecified atom stereocenters. The second kappa shape index (κ2) is 9.50. The minimum atomic E-state index is -0.691. The number of nitrogens with two attached hydrogens (primary N) is 1. The van der Waals surface area contributed by atoms with Crippen LogP contribution in [0.5, 0.6) is 0 Å². The molecule has 128 valence electrons. The van der Waals surface area contributed by atoms with Crippen molar-refractivity contribution in [2.45, 2.75) is 45.3 Å². The predicted molar refractivity (Wildman–Crippen MR) is 91.2 cm³/mol. The number of hydrogen-bond acceptors (Lipinski definition) is 4. The highest BCUT2D eigenvalue weighted by atomic mass is 35.5. The zero-order chi connectivity index (χ0) is 17.4. The Bertz CT molecular complexity index is 549. The summed E-state index contributed by atoms with van der Waals surface area (Å²) in [5.41, 5.74) is 7.89. The third kappa shape index (κ3) is 6.56. The zero-order valence-electron chi connectivity index (χ0n) is 13.7. The van der Waals surface area contributed by atoms with Crippen LogP contribution in [-0.4, -0.2) is 30.5 Å². The molecule has 0 aliphatic heterocycles. The van der Waals surface area contributed by atoms with Gasteiger partial charge in [0.25, 0.3) is 0 Å². The van der Waals surface area contributed by atoms with E-state index in [1.807, 2.05) is 19.1 Å². The van der Waals surface area contributed by atoms with E-state index < -0.39 is 12.1 Å². The van der Waals surface area contributed by atoms with Gasteiger partial charge in [0, 0.05) is 18.2 Å². The predicted octanol–water partition coefficient (Wildman–Crippen LogP) is 1.75. The maximum atomic E-state index is 12.2. The van der Waals surface area contributed by atoms with E-state index in [0.717, 1.165) is 11.1 Å². The van der Waals surface area contributed by atoms with Crippen LogP contribution in [0.4, 0.5) is 5.69 Å². The van der Waals surface area contributed by atoms with Crippen molar-refractivity contribution >= 4 is 29.1 Å². The summed E-state index contributed by atoms with van der Waals surface area (Å²) in [6.07, 6.45) is 0. The van der Waals surface area contributed by atoms with Crippen LogP contribution in [0.3, 0.4) is 0 Å². The summed E-state index contributed by atoms with van der Waals surface area (Å²) in [5.74, 6) is -0.368. The highest BCUT2D eigenvalue weighted by Crippen LogP contribution is 2.18. The standard InChI is InChI=1S/C16H24ClN3O3/c1-4-23-9-13-5-12(8-17)6-14(7-13)20-16(22)11(3)19-15(21)10(2)18/h5-7,10-11H,4,8-9,18H2,1-3H3,(H,19,21)(H,20,22)/t10-,11-/m0/s1. The topological polar surface area (TPSA) is 93.5 Å². The molecule has 0 spiro atoms. The SMILES string of the molecule is CCOCc1cc(CCl)cc(NC(=O)[C@H](C)NC(=O)[C@H](C)N)c1. The summed E-state index contributed by atoms with van der Waals surface area (Å²) in [6, 6.07) is 4.19. The molecular weight excluding hydrogens is 318 g/mol. The van der Waals surface area contributed by atoms with E-state index in [-0.39, 0.29) is 11.8 Å². The Hall–Kier alpha value is -1.63. The summed E-state index contributed by atoms with van der Waals surface area (Å²) in [5, 5.41) is 5.32. The zero-order valence-corrected chi connectivity index (χ0v) is 14.4. The van der Waals surface area contributed by atoms with Crippen LogP contribution in [0.15, 0.2) is 18.2 Å². The van der Waals surface area contributed by atoms with Crippen LogP contribution in [0.25, 0.3) is 0 Å². The van der Waals surface area contributed by atoms with Crippen molar-refractivity contribution in [1.29, 1.82) is 0 Å². The molecule has 6 nitrogen and oxygen atoms in total. The maximum absolute atomic E-state index is 12.2. The van der Waals surface area contributed by atoms with Gasteiger partial charge in [-0.15, -0.1) is 11.6 Å². The molecule has 0 radical (unpaired) electrons. The summed E-state index contributed by atoms with van der Waals surface area (Å²) in [6.45, 7) is 6.12. The Morgan fingerprint density at radius 3 is 2.43 bits per heavy atom. The van der Waals surface area contributed by atoms with Crippen LogP contribution < -0.4 is 16.4 Å². The van der Waals surface area contributed by atoms with E-state index in [4.69, 9.17) is 22.1 Å². The largest absolute Gasteiger partial charge is 0.377 e. The first-order chi connectivity index (χ1) is 10.9. The van der Waals surface area contributed by atoms with Crippen molar-refractivity contribution in [3.05, 3.63) is 29.3 Å². The van der Waals surface area contributed by atoms with Gasteiger partial charge >= 0.3 is 0 Å². The molecule has 0 heterocycles. The molecule has 0 fully saturated rings. The lowest BCUT2D eigenvalue weighted by Gasteiger charge is -2.16. The van der Waals surface area contributed by atoms with E-state index in [1.165, 1.54) is 0 Å². The van der Waals surface area contributed by atoms with E-state index in [1.54, 1.807) is 19.9 Å². The first-order valence-corrected chi connectivity index (χ1v) is 8.04. The second-order valence-electron chi connectivity index (χ2n) is 5.32. The van der Waals surface area contributed by atoms with Crippen LogP contribution in [0.2, 0.25) is 0 Å². The number of rotatable bonds is 8. The van der Waals surface area contributed by atoms with Gasteiger partial charge in [-0.3, -0.25) is 9.59 Å². The molecule has 4 N–H and O–H groups in total. The summed E-state index contributed by atoms with van der Waals surface area (Å²) in [7, 11) is 0. The Morgan fingerprint density at radius 1 is 1.22 bits per heavy atom. The van der Waals surface area contributed by atoms with Gasteiger partial charge in [0.1, 0.15) is 6.04 Å². The van der Waals surface area contributed by atoms with Crippen molar-refractivity contribution < 1.29 is 14.3 Å². The number of ether oxygens (including phenoxy) is 1. The number of nitrogens with one attached hydrogen (secondary N) is 2. The fourth-order valence-corrected chi connectivity index (χ4v) is 2.03. The average molecular weight is 342 g/mol. The molecule has 0 bridgehead atoms. The fourth-order valence-electron chi connectivity index (χ4n) is 1.88. The minimum absolute atomic E-state index is 0.326. The Balaban J connectivity index is 2.78. The Labute approximate surface area is 141 Å². The van der Waals surface area contributed by atoms with Gasteiger partial charge in [0.05, 0.1) is 12.6 Å². The van der Waals surface area contributed by atoms with Gasteiger partial charge < -0.3 is 21.1 Å². The lowest BCUT2D eigenvalue weighted by Crippen LogP contribution is -2.47. The third-order valence-corrected chi connectivity index (χ3v) is 3.42. The number of alkyl halides is 1. The highest BCUT2D eigenvalue weighted by molar-refractivity contribution is 6.17. The molecule has 0 saturated heterocycles. The normalized spacial score (nSPS) is 13.3. The minimum Gasteiger partial charge on any atom is -0.377 e. The number of hydrogen-bond donors (Lipinski definition) is 3. The van der Waals surface area contributed by atoms with Gasteiger partial charge in [0.2, 0.25) is 11.8 Å². The maximum Gasteiger partial charge on any atom is 0.246 e. The highest BCUT2D eigenvalue weighted by Gasteiger charge is 2.18. The van der Waals surface area contributed by atoms with Gasteiger partial charge in [-0.1, -0.05) is 6.07 Å². The average Bonchev–Trinajstić information content (AvgIpc) is 2.52. The van der Waals surface area contributed by atoms with Crippen LogP contribution >= 0.6 is 11.6 Å². The number of anilines is 1. The molecule has 0 aliphatic carbocycles. The summed E-state index contributed by atoms with van der Waals surface area (Å²) < 4.78 is 5.38. The Kier molecular flexibility index (Phi) is 8.02. The van der Waals surface area contributed by atoms with E-state index in [2.05, 4.69) is 10.6 Å². The van der Waals surface area contributed by atoms with Gasteiger partial charge in [0.15, 0.2) is 0 Å². The van der Waals surface area contributed by atoms with Gasteiger partial charge in [-0.05, 0) is 44.0 Å². The van der Waals surface area contributed by atoms with E-state index in [9.17, 15) is 9.59 Å². The van der Waals surface area contributed by atoms with Crippen molar-refractivity contribution in [3.8, 4) is 0 Å². The summed E-state index contributed by atoms with van der Waals surface area (Å²) in [4.78, 5) is 23.7. The fraction of sp³-hybridized carbons (Fsp3) is 0.500. The monoisotopic (exact) mass is 341 g/mol. The number of benzene rings is 1. The molecule has 0 aromatic heterocycles. The lowest BCUT2D eigenvalue weighted by molar-refractivity contribution is -0.126. The van der Waals surface area contributed by atoms with Crippen LogP contribution in [0.1, 0.15) is 31.9 Å². The van der Waals surface area contributed by atoms with Gasteiger partial charge in [-0.2, -0.15) is 0 Å². The van der Waals surface area contributed by atoms with Crippen molar-refractivity contribution in [1.82, 2.24) is 5.32 Å². The number of carbonyl (C=O) groups excluding carboxylic acids is 2. The first-order valence-electron chi connectivity index (χ1n) is 7.50. The second-order valence-corrected chi connectivity index (χ2v) is 5.58. The molecule has 0 saturated carbocycles. The van der Waals surface area contributed by atoms with Crippen LogP contribution in [0, 0.1) is 0 Å². The number of carbonyl (C=O) groups is 2. The summed E-state index contributed by atoms with van der Waals surface area (Å²) >= 11 is 5.88. The molecular formula is C16H24ClN3O3. The van der Waals surface area contributed by atoms with Crippen molar-refractivity contribution in [2.24, 2.45) is 5.73 Å². The quantitative estimate of drug-likeness (QED) is 0.628. The smallest absolute Gasteiger partial charge is 0.246 e. The molecule has 23 heavy (non-hydrogen) atoms. The molecule has 2 atom stereocenters. The van der Waals surface area contributed by atoms with Crippen molar-refractivity contribution in [2.75, 3.05) is 11.9 Å². The molecule has 7 heteroatoms. The van der Waals surface area contributed by atoms with Crippen molar-refractivity contribution in [3.63, 3.8) is 0 Å². The van der Waals surface area contributed by atoms with Gasteiger partial charge in [-0.25, -0.2) is 0 Å². The molecule has 2 amide bonds. The first kappa shape index (κ1) is 19.4. The van der Waals surface area contributed by atoms with E-state index >= 15 is 0 Å². The number of amides is 2. The number of halogens is 1. The molecule has 1 rings (SSSR count).